The number of hydrogen-bond acceptors (Lipinski definition) is 4. The van der Waals surface area contributed by atoms with Crippen molar-refractivity contribution in [3.63, 3.8) is 0 Å². The van der Waals surface area contributed by atoms with Crippen LogP contribution in [0.15, 0.2) is 0 Å². The lowest BCUT2D eigenvalue weighted by Crippen LogP contribution is -2.49. The van der Waals surface area contributed by atoms with Gasteiger partial charge in [0.2, 0.25) is 0 Å². The first-order valence-electron chi connectivity index (χ1n) is 7.34. The zero-order chi connectivity index (χ0) is 13.7. The second kappa shape index (κ2) is 7.07. The van der Waals surface area contributed by atoms with E-state index in [4.69, 9.17) is 5.73 Å². The van der Waals surface area contributed by atoms with Crippen molar-refractivity contribution in [3.05, 3.63) is 0 Å². The lowest BCUT2D eigenvalue weighted by Gasteiger charge is -2.34. The third-order valence-corrected chi connectivity index (χ3v) is 4.26. The van der Waals surface area contributed by atoms with Crippen LogP contribution in [0.4, 0.5) is 4.79 Å². The van der Waals surface area contributed by atoms with E-state index in [2.05, 4.69) is 22.2 Å². The Kier molecular flexibility index (Phi) is 5.42. The maximum Gasteiger partial charge on any atom is 0.314 e. The topological polar surface area (TPSA) is 64.8 Å². The van der Waals surface area contributed by atoms with Gasteiger partial charge in [0.1, 0.15) is 0 Å². The van der Waals surface area contributed by atoms with Crippen LogP contribution in [0.1, 0.15) is 12.8 Å². The van der Waals surface area contributed by atoms with Crippen LogP contribution in [0.5, 0.6) is 0 Å². The highest BCUT2D eigenvalue weighted by molar-refractivity contribution is 5.72. The number of carbonyl (C=O) groups is 1. The third-order valence-electron chi connectivity index (χ3n) is 4.26. The molecule has 2 fully saturated rings. The van der Waals surface area contributed by atoms with Crippen molar-refractivity contribution < 1.29 is 4.79 Å². The van der Waals surface area contributed by atoms with Crippen LogP contribution < -0.4 is 11.1 Å². The van der Waals surface area contributed by atoms with Crippen LogP contribution in [-0.2, 0) is 0 Å². The molecule has 0 atom stereocenters. The largest absolute Gasteiger partial charge is 0.351 e. The molecule has 6 heteroatoms. The number of urea groups is 1. The summed E-state index contributed by atoms with van der Waals surface area (Å²) < 4.78 is 0. The smallest absolute Gasteiger partial charge is 0.314 e. The number of piperazine rings is 1. The minimum atomic E-state index is -0.282. The molecule has 0 aromatic carbocycles. The SMILES string of the molecule is CN1CCN(CCNC2CCN(C(N)=O)CC2)CC1. The van der Waals surface area contributed by atoms with E-state index in [0.717, 1.165) is 39.0 Å². The summed E-state index contributed by atoms with van der Waals surface area (Å²) in [6.45, 7) is 8.47. The molecule has 0 spiro atoms. The van der Waals surface area contributed by atoms with E-state index in [1.54, 1.807) is 4.90 Å². The molecule has 0 unspecified atom stereocenters. The average Bonchev–Trinajstić information content (AvgIpc) is 2.41. The molecular formula is C13H27N5O. The van der Waals surface area contributed by atoms with E-state index in [9.17, 15) is 4.79 Å². The fraction of sp³-hybridized carbons (Fsp3) is 0.923. The van der Waals surface area contributed by atoms with Crippen LogP contribution in [0.3, 0.4) is 0 Å². The van der Waals surface area contributed by atoms with Crippen molar-refractivity contribution in [1.82, 2.24) is 20.0 Å². The first-order chi connectivity index (χ1) is 9.15. The lowest BCUT2D eigenvalue weighted by atomic mass is 10.1. The lowest BCUT2D eigenvalue weighted by molar-refractivity contribution is 0.150. The predicted octanol–water partition coefficient (Wildman–Crippen LogP) is -0.633. The van der Waals surface area contributed by atoms with Crippen molar-refractivity contribution in [3.8, 4) is 0 Å². The maximum atomic E-state index is 11.0. The van der Waals surface area contributed by atoms with Crippen molar-refractivity contribution in [1.29, 1.82) is 0 Å². The number of piperidine rings is 1. The summed E-state index contributed by atoms with van der Waals surface area (Å²) in [7, 11) is 2.18. The quantitative estimate of drug-likeness (QED) is 0.713. The normalized spacial score (nSPS) is 23.7. The van der Waals surface area contributed by atoms with Gasteiger partial charge in [0, 0.05) is 58.4 Å². The van der Waals surface area contributed by atoms with Crippen LogP contribution >= 0.6 is 0 Å². The molecule has 0 aliphatic carbocycles. The predicted molar refractivity (Wildman–Crippen MR) is 76.1 cm³/mol. The molecule has 110 valence electrons. The highest BCUT2D eigenvalue weighted by Crippen LogP contribution is 2.09. The fourth-order valence-corrected chi connectivity index (χ4v) is 2.80. The summed E-state index contributed by atoms with van der Waals surface area (Å²) in [6, 6.07) is 0.263. The molecule has 2 aliphatic rings. The van der Waals surface area contributed by atoms with Crippen molar-refractivity contribution in [2.45, 2.75) is 18.9 Å². The monoisotopic (exact) mass is 269 g/mol. The Labute approximate surface area is 115 Å². The average molecular weight is 269 g/mol. The van der Waals surface area contributed by atoms with Gasteiger partial charge in [-0.2, -0.15) is 0 Å². The van der Waals surface area contributed by atoms with Gasteiger partial charge in [-0.25, -0.2) is 4.79 Å². The van der Waals surface area contributed by atoms with Crippen molar-refractivity contribution >= 4 is 6.03 Å². The van der Waals surface area contributed by atoms with Gasteiger partial charge in [0.25, 0.3) is 0 Å². The third kappa shape index (κ3) is 4.63. The molecule has 2 saturated heterocycles. The first-order valence-corrected chi connectivity index (χ1v) is 7.34. The standard InChI is InChI=1S/C13H27N5O/c1-16-8-10-17(11-9-16)7-4-15-12-2-5-18(6-3-12)13(14)19/h12,15H,2-11H2,1H3,(H2,14,19). The minimum Gasteiger partial charge on any atom is -0.351 e. The van der Waals surface area contributed by atoms with Gasteiger partial charge in [-0.05, 0) is 19.9 Å². The van der Waals surface area contributed by atoms with Gasteiger partial charge in [-0.15, -0.1) is 0 Å². The summed E-state index contributed by atoms with van der Waals surface area (Å²) in [4.78, 5) is 17.7. The molecule has 0 aromatic heterocycles. The Morgan fingerprint density at radius 1 is 1.16 bits per heavy atom. The molecular weight excluding hydrogens is 242 g/mol. The van der Waals surface area contributed by atoms with E-state index < -0.39 is 0 Å². The van der Waals surface area contributed by atoms with E-state index in [1.807, 2.05) is 0 Å². The molecule has 0 aromatic rings. The second-order valence-electron chi connectivity index (χ2n) is 5.70. The Balaban J connectivity index is 1.56. The second-order valence-corrected chi connectivity index (χ2v) is 5.70. The van der Waals surface area contributed by atoms with Gasteiger partial charge in [0.05, 0.1) is 0 Å². The molecule has 2 rings (SSSR count). The summed E-state index contributed by atoms with van der Waals surface area (Å²) in [6.07, 6.45) is 2.04. The molecule has 6 nitrogen and oxygen atoms in total. The van der Waals surface area contributed by atoms with Crippen molar-refractivity contribution in [2.24, 2.45) is 5.73 Å². The highest BCUT2D eigenvalue weighted by Gasteiger charge is 2.21. The van der Waals surface area contributed by atoms with Crippen LogP contribution in [0, 0.1) is 0 Å². The van der Waals surface area contributed by atoms with E-state index in [-0.39, 0.29) is 6.03 Å². The number of carbonyl (C=O) groups excluding carboxylic acids is 1. The molecule has 0 bridgehead atoms. The maximum absolute atomic E-state index is 11.0. The van der Waals surface area contributed by atoms with Gasteiger partial charge < -0.3 is 20.9 Å². The number of nitrogens with one attached hydrogen (secondary N) is 1. The van der Waals surface area contributed by atoms with Crippen molar-refractivity contribution in [2.75, 3.05) is 59.4 Å². The van der Waals surface area contributed by atoms with Crippen LogP contribution in [-0.4, -0.2) is 86.2 Å². The zero-order valence-corrected chi connectivity index (χ0v) is 12.0. The van der Waals surface area contributed by atoms with Gasteiger partial charge >= 0.3 is 6.03 Å². The minimum absolute atomic E-state index is 0.282. The summed E-state index contributed by atoms with van der Waals surface area (Å²) in [5.41, 5.74) is 5.28. The summed E-state index contributed by atoms with van der Waals surface area (Å²) in [5, 5.41) is 3.61. The molecule has 3 N–H and O–H groups in total. The Bertz CT molecular complexity index is 283. The number of primary amides is 1. The van der Waals surface area contributed by atoms with Crippen LogP contribution in [0.2, 0.25) is 0 Å². The molecule has 19 heavy (non-hydrogen) atoms. The van der Waals surface area contributed by atoms with Gasteiger partial charge in [-0.1, -0.05) is 0 Å². The highest BCUT2D eigenvalue weighted by atomic mass is 16.2. The molecule has 0 radical (unpaired) electrons. The van der Waals surface area contributed by atoms with E-state index in [0.29, 0.717) is 6.04 Å². The van der Waals surface area contributed by atoms with E-state index in [1.165, 1.54) is 26.2 Å². The number of rotatable bonds is 4. The first kappa shape index (κ1) is 14.6. The molecule has 0 saturated carbocycles. The molecule has 2 aliphatic heterocycles. The fourth-order valence-electron chi connectivity index (χ4n) is 2.80. The number of likely N-dealkylation sites (N-methyl/N-ethyl adjacent to an activating group) is 1. The van der Waals surface area contributed by atoms with Gasteiger partial charge in [0.15, 0.2) is 0 Å². The van der Waals surface area contributed by atoms with Crippen LogP contribution in [0.25, 0.3) is 0 Å². The number of nitrogens with two attached hydrogens (primary N) is 1. The Hall–Kier alpha value is -0.850. The number of amides is 2. The molecule has 2 heterocycles. The number of likely N-dealkylation sites (tertiary alicyclic amines) is 1. The summed E-state index contributed by atoms with van der Waals surface area (Å²) >= 11 is 0. The Morgan fingerprint density at radius 3 is 2.37 bits per heavy atom. The summed E-state index contributed by atoms with van der Waals surface area (Å²) in [5.74, 6) is 0. The zero-order valence-electron chi connectivity index (χ0n) is 12.0. The van der Waals surface area contributed by atoms with Gasteiger partial charge in [-0.3, -0.25) is 4.90 Å². The number of hydrogen-bond donors (Lipinski definition) is 2. The molecule has 2 amide bonds. The van der Waals surface area contributed by atoms with E-state index >= 15 is 0 Å². The number of nitrogens with zero attached hydrogens (tertiary/aromatic N) is 3. The Morgan fingerprint density at radius 2 is 1.79 bits per heavy atom.